The number of hydrogen-bond donors (Lipinski definition) is 0. The molecule has 0 unspecified atom stereocenters. The van der Waals surface area contributed by atoms with Crippen molar-refractivity contribution in [3.05, 3.63) is 48.5 Å². The van der Waals surface area contributed by atoms with Gasteiger partial charge in [-0.05, 0) is 36.4 Å². The van der Waals surface area contributed by atoms with Crippen molar-refractivity contribution >= 4 is 0 Å². The van der Waals surface area contributed by atoms with Gasteiger partial charge in [0.25, 0.3) is 0 Å². The Kier molecular flexibility index (Phi) is 2.53. The maximum absolute atomic E-state index is 4.29. The molecule has 6 heteroatoms. The average molecular weight is 238 g/mol. The second-order valence-corrected chi connectivity index (χ2v) is 3.80. The molecule has 3 aromatic rings. The van der Waals surface area contributed by atoms with Crippen LogP contribution in [0.2, 0.25) is 0 Å². The van der Waals surface area contributed by atoms with Crippen molar-refractivity contribution in [3.63, 3.8) is 0 Å². The highest BCUT2D eigenvalue weighted by molar-refractivity contribution is 5.51. The van der Waals surface area contributed by atoms with Gasteiger partial charge in [-0.25, -0.2) is 0 Å². The molecule has 3 rings (SSSR count). The molecular weight excluding hydrogens is 228 g/mol. The van der Waals surface area contributed by atoms with E-state index >= 15 is 0 Å². The monoisotopic (exact) mass is 238 g/mol. The van der Waals surface area contributed by atoms with Crippen molar-refractivity contribution < 1.29 is 0 Å². The first kappa shape index (κ1) is 10.5. The van der Waals surface area contributed by atoms with Gasteiger partial charge in [0, 0.05) is 23.7 Å². The third-order valence-corrected chi connectivity index (χ3v) is 2.46. The standard InChI is InChI=1S/C12H10N6/c1-9-4-5-11(8-14-9)18-16-12(15-17-18)10-3-2-6-13-7-10/h2-8H,1H3. The molecule has 18 heavy (non-hydrogen) atoms. The average Bonchev–Trinajstić information content (AvgIpc) is 2.90. The van der Waals surface area contributed by atoms with Gasteiger partial charge in [-0.2, -0.15) is 0 Å². The minimum atomic E-state index is 0.545. The molecule has 0 aliphatic heterocycles. The van der Waals surface area contributed by atoms with Crippen LogP contribution in [0.3, 0.4) is 0 Å². The van der Waals surface area contributed by atoms with E-state index in [0.29, 0.717) is 5.82 Å². The highest BCUT2D eigenvalue weighted by Crippen LogP contribution is 2.12. The molecular formula is C12H10N6. The van der Waals surface area contributed by atoms with E-state index in [1.807, 2.05) is 31.2 Å². The summed E-state index contributed by atoms with van der Waals surface area (Å²) in [4.78, 5) is 9.67. The molecule has 0 amide bonds. The third kappa shape index (κ3) is 1.95. The first-order valence-corrected chi connectivity index (χ1v) is 5.46. The lowest BCUT2D eigenvalue weighted by atomic mass is 10.3. The van der Waals surface area contributed by atoms with E-state index in [1.165, 1.54) is 4.80 Å². The van der Waals surface area contributed by atoms with E-state index in [-0.39, 0.29) is 0 Å². The summed E-state index contributed by atoms with van der Waals surface area (Å²) in [5.41, 5.74) is 2.57. The molecule has 3 heterocycles. The Morgan fingerprint density at radius 1 is 1.11 bits per heavy atom. The van der Waals surface area contributed by atoms with E-state index in [0.717, 1.165) is 16.9 Å². The second-order valence-electron chi connectivity index (χ2n) is 3.80. The Balaban J connectivity index is 1.97. The summed E-state index contributed by atoms with van der Waals surface area (Å²) in [6.45, 7) is 1.93. The summed E-state index contributed by atoms with van der Waals surface area (Å²) in [5.74, 6) is 0.545. The lowest BCUT2D eigenvalue weighted by Crippen LogP contribution is -1.99. The van der Waals surface area contributed by atoms with Crippen LogP contribution in [-0.2, 0) is 0 Å². The zero-order valence-electron chi connectivity index (χ0n) is 9.72. The number of aromatic nitrogens is 6. The molecule has 0 aliphatic carbocycles. The number of pyridine rings is 2. The van der Waals surface area contributed by atoms with Crippen LogP contribution in [0.15, 0.2) is 42.9 Å². The number of hydrogen-bond acceptors (Lipinski definition) is 5. The first-order chi connectivity index (χ1) is 8.83. The quantitative estimate of drug-likeness (QED) is 0.675. The van der Waals surface area contributed by atoms with E-state index in [4.69, 9.17) is 0 Å². The van der Waals surface area contributed by atoms with Gasteiger partial charge in [0.2, 0.25) is 5.82 Å². The lowest BCUT2D eigenvalue weighted by molar-refractivity contribution is 0.716. The van der Waals surface area contributed by atoms with Gasteiger partial charge in [-0.1, -0.05) is 0 Å². The molecule has 0 aromatic carbocycles. The normalized spacial score (nSPS) is 10.5. The minimum Gasteiger partial charge on any atom is -0.264 e. The number of rotatable bonds is 2. The van der Waals surface area contributed by atoms with Gasteiger partial charge in [0.1, 0.15) is 5.69 Å². The van der Waals surface area contributed by atoms with Crippen LogP contribution in [0, 0.1) is 6.92 Å². The maximum Gasteiger partial charge on any atom is 0.206 e. The third-order valence-electron chi connectivity index (χ3n) is 2.46. The molecule has 0 spiro atoms. The summed E-state index contributed by atoms with van der Waals surface area (Å²) in [6, 6.07) is 7.53. The first-order valence-electron chi connectivity index (χ1n) is 5.46. The van der Waals surface area contributed by atoms with E-state index in [1.54, 1.807) is 18.6 Å². The van der Waals surface area contributed by atoms with Gasteiger partial charge in [-0.3, -0.25) is 9.97 Å². The largest absolute Gasteiger partial charge is 0.264 e. The van der Waals surface area contributed by atoms with Crippen molar-refractivity contribution in [3.8, 4) is 17.1 Å². The van der Waals surface area contributed by atoms with Gasteiger partial charge in [-0.15, -0.1) is 15.0 Å². The molecule has 6 nitrogen and oxygen atoms in total. The van der Waals surface area contributed by atoms with E-state index < -0.39 is 0 Å². The van der Waals surface area contributed by atoms with Gasteiger partial charge in [0.05, 0.1) is 6.20 Å². The highest BCUT2D eigenvalue weighted by Gasteiger charge is 2.06. The summed E-state index contributed by atoms with van der Waals surface area (Å²) in [5, 5.41) is 12.3. The Bertz CT molecular complexity index is 644. The van der Waals surface area contributed by atoms with Gasteiger partial charge < -0.3 is 0 Å². The SMILES string of the molecule is Cc1ccc(-n2nnc(-c3cccnc3)n2)cn1. The fraction of sp³-hybridized carbons (Fsp3) is 0.0833. The molecule has 0 saturated carbocycles. The topological polar surface area (TPSA) is 69.4 Å². The zero-order chi connectivity index (χ0) is 12.4. The van der Waals surface area contributed by atoms with Crippen LogP contribution in [0.4, 0.5) is 0 Å². The molecule has 0 atom stereocenters. The van der Waals surface area contributed by atoms with Crippen molar-refractivity contribution in [1.82, 2.24) is 30.2 Å². The molecule has 0 N–H and O–H groups in total. The molecule has 0 radical (unpaired) electrons. The van der Waals surface area contributed by atoms with E-state index in [9.17, 15) is 0 Å². The predicted octanol–water partition coefficient (Wildman–Crippen LogP) is 1.43. The number of tetrazole rings is 1. The molecule has 0 bridgehead atoms. The van der Waals surface area contributed by atoms with Crippen LogP contribution >= 0.6 is 0 Å². The maximum atomic E-state index is 4.29. The number of aryl methyl sites for hydroxylation is 1. The second kappa shape index (κ2) is 4.33. The van der Waals surface area contributed by atoms with Crippen molar-refractivity contribution in [1.29, 1.82) is 0 Å². The Morgan fingerprint density at radius 3 is 2.78 bits per heavy atom. The van der Waals surface area contributed by atoms with Crippen molar-refractivity contribution in [2.75, 3.05) is 0 Å². The molecule has 0 saturated heterocycles. The smallest absolute Gasteiger partial charge is 0.206 e. The van der Waals surface area contributed by atoms with Crippen LogP contribution in [0.1, 0.15) is 5.69 Å². The number of nitrogens with zero attached hydrogens (tertiary/aromatic N) is 6. The Hall–Kier alpha value is -2.63. The van der Waals surface area contributed by atoms with Crippen molar-refractivity contribution in [2.45, 2.75) is 6.92 Å². The summed E-state index contributed by atoms with van der Waals surface area (Å²) in [7, 11) is 0. The minimum absolute atomic E-state index is 0.545. The fourth-order valence-electron chi connectivity index (χ4n) is 1.51. The van der Waals surface area contributed by atoms with Crippen molar-refractivity contribution in [2.24, 2.45) is 0 Å². The summed E-state index contributed by atoms with van der Waals surface area (Å²) >= 11 is 0. The van der Waals surface area contributed by atoms with Gasteiger partial charge in [0.15, 0.2) is 0 Å². The highest BCUT2D eigenvalue weighted by atomic mass is 15.6. The molecule has 88 valence electrons. The lowest BCUT2D eigenvalue weighted by Gasteiger charge is -1.97. The Morgan fingerprint density at radius 2 is 2.06 bits per heavy atom. The van der Waals surface area contributed by atoms with Crippen LogP contribution in [0.5, 0.6) is 0 Å². The molecule has 0 fully saturated rings. The van der Waals surface area contributed by atoms with Crippen LogP contribution < -0.4 is 0 Å². The summed E-state index contributed by atoms with van der Waals surface area (Å²) in [6.07, 6.45) is 5.12. The predicted molar refractivity (Wildman–Crippen MR) is 64.9 cm³/mol. The van der Waals surface area contributed by atoms with Crippen LogP contribution in [0.25, 0.3) is 17.1 Å². The van der Waals surface area contributed by atoms with E-state index in [2.05, 4.69) is 25.4 Å². The molecule has 0 aliphatic rings. The summed E-state index contributed by atoms with van der Waals surface area (Å²) < 4.78 is 0. The van der Waals surface area contributed by atoms with Gasteiger partial charge >= 0.3 is 0 Å². The Labute approximate surface area is 103 Å². The molecule has 3 aromatic heterocycles. The zero-order valence-corrected chi connectivity index (χ0v) is 9.72. The van der Waals surface area contributed by atoms with Crippen LogP contribution in [-0.4, -0.2) is 30.2 Å². The fourth-order valence-corrected chi connectivity index (χ4v) is 1.51.